The molecule has 162 valence electrons. The monoisotopic (exact) mass is 443 g/mol. The Morgan fingerprint density at radius 2 is 1.74 bits per heavy atom. The number of halogens is 2. The number of rotatable bonds is 9. The number of alkyl halides is 2. The number of alkyl carbamates (subject to hydrolysis) is 1. The van der Waals surface area contributed by atoms with E-state index in [2.05, 4.69) is 11.9 Å². The highest BCUT2D eigenvalue weighted by atomic mass is 32.2. The molecule has 1 N–H and O–H groups in total. The number of amides is 1. The Labute approximate surface area is 182 Å². The number of nitrogens with one attached hydrogen (secondary N) is 1. The van der Waals surface area contributed by atoms with Crippen LogP contribution in [0.25, 0.3) is 10.8 Å². The van der Waals surface area contributed by atoms with Gasteiger partial charge < -0.3 is 10.1 Å². The van der Waals surface area contributed by atoms with Crippen molar-refractivity contribution in [3.05, 3.63) is 91.0 Å². The fraction of sp³-hybridized carbons (Fsp3) is 0.208. The summed E-state index contributed by atoms with van der Waals surface area (Å²) >= 11 is 0. The van der Waals surface area contributed by atoms with E-state index in [1.165, 1.54) is 0 Å². The van der Waals surface area contributed by atoms with E-state index in [4.69, 9.17) is 4.74 Å². The first-order valence-corrected chi connectivity index (χ1v) is 11.0. The largest absolute Gasteiger partial charge is 0.445 e. The van der Waals surface area contributed by atoms with Crippen molar-refractivity contribution in [2.45, 2.75) is 29.9 Å². The third-order valence-corrected chi connectivity index (χ3v) is 6.23. The molecule has 0 bridgehead atoms. The fourth-order valence-corrected chi connectivity index (χ4v) is 4.62. The predicted octanol–water partition coefficient (Wildman–Crippen LogP) is 5.45. The maximum atomic E-state index is 14.7. The van der Waals surface area contributed by atoms with Gasteiger partial charge in [0.2, 0.25) is 0 Å². The van der Waals surface area contributed by atoms with Crippen LogP contribution in [0.5, 0.6) is 0 Å². The summed E-state index contributed by atoms with van der Waals surface area (Å²) in [5, 5.41) is 3.79. The van der Waals surface area contributed by atoms with Crippen molar-refractivity contribution in [3.8, 4) is 0 Å². The molecular weight excluding hydrogens is 420 g/mol. The molecule has 0 aliphatic carbocycles. The van der Waals surface area contributed by atoms with E-state index in [0.29, 0.717) is 4.90 Å². The first kappa shape index (κ1) is 22.6. The number of hydrogen-bond acceptors (Lipinski definition) is 3. The van der Waals surface area contributed by atoms with Crippen molar-refractivity contribution in [2.24, 2.45) is 0 Å². The van der Waals surface area contributed by atoms with Gasteiger partial charge in [-0.3, -0.25) is 4.21 Å². The number of allylic oxidation sites excluding steroid dienone is 1. The van der Waals surface area contributed by atoms with Crippen molar-refractivity contribution in [3.63, 3.8) is 0 Å². The van der Waals surface area contributed by atoms with Crippen molar-refractivity contribution < 1.29 is 22.5 Å². The smallest absolute Gasteiger partial charge is 0.407 e. The van der Waals surface area contributed by atoms with Crippen LogP contribution in [0.3, 0.4) is 0 Å². The first-order valence-electron chi connectivity index (χ1n) is 9.73. The lowest BCUT2D eigenvalue weighted by Gasteiger charge is -2.26. The molecule has 0 saturated carbocycles. The molecule has 0 unspecified atom stereocenters. The third kappa shape index (κ3) is 5.98. The van der Waals surface area contributed by atoms with Crippen LogP contribution in [0.1, 0.15) is 12.0 Å². The number of carbonyl (C=O) groups excluding carboxylic acids is 1. The second kappa shape index (κ2) is 10.3. The quantitative estimate of drug-likeness (QED) is 0.447. The van der Waals surface area contributed by atoms with Gasteiger partial charge in [0.1, 0.15) is 12.6 Å². The van der Waals surface area contributed by atoms with Crippen LogP contribution in [-0.4, -0.2) is 28.0 Å². The Morgan fingerprint density at radius 1 is 1.06 bits per heavy atom. The summed E-state index contributed by atoms with van der Waals surface area (Å²) in [6, 6.07) is 19.7. The Hall–Kier alpha value is -3.06. The number of fused-ring (bicyclic) bond motifs is 1. The fourth-order valence-electron chi connectivity index (χ4n) is 3.15. The maximum Gasteiger partial charge on any atom is 0.407 e. The normalized spacial score (nSPS) is 13.4. The molecule has 0 saturated heterocycles. The third-order valence-electron chi connectivity index (χ3n) is 4.74. The SMILES string of the molecule is C=CCC(F)(F)[C@@H](C[S@](=O)c1cccc2ccccc12)NC(=O)OCc1ccccc1. The van der Waals surface area contributed by atoms with Crippen LogP contribution in [0.4, 0.5) is 13.6 Å². The summed E-state index contributed by atoms with van der Waals surface area (Å²) in [4.78, 5) is 12.7. The van der Waals surface area contributed by atoms with Gasteiger partial charge in [0.25, 0.3) is 5.92 Å². The van der Waals surface area contributed by atoms with E-state index in [1.807, 2.05) is 24.3 Å². The Bertz CT molecular complexity index is 1070. The van der Waals surface area contributed by atoms with Crippen LogP contribution in [-0.2, 0) is 22.1 Å². The van der Waals surface area contributed by atoms with Gasteiger partial charge in [-0.25, -0.2) is 13.6 Å². The van der Waals surface area contributed by atoms with E-state index in [1.54, 1.807) is 48.5 Å². The predicted molar refractivity (Wildman–Crippen MR) is 119 cm³/mol. The molecule has 0 spiro atoms. The second-order valence-electron chi connectivity index (χ2n) is 7.00. The average molecular weight is 444 g/mol. The zero-order valence-corrected chi connectivity index (χ0v) is 17.6. The molecule has 1 amide bonds. The van der Waals surface area contributed by atoms with Gasteiger partial charge in [-0.2, -0.15) is 0 Å². The number of carbonyl (C=O) groups is 1. The summed E-state index contributed by atoms with van der Waals surface area (Å²) in [5.74, 6) is -3.80. The summed E-state index contributed by atoms with van der Waals surface area (Å²) in [7, 11) is -1.78. The molecule has 0 aliphatic heterocycles. The second-order valence-corrected chi connectivity index (χ2v) is 8.47. The van der Waals surface area contributed by atoms with Crippen LogP contribution in [0.2, 0.25) is 0 Å². The van der Waals surface area contributed by atoms with E-state index >= 15 is 0 Å². The van der Waals surface area contributed by atoms with Crippen molar-refractivity contribution in [1.29, 1.82) is 0 Å². The van der Waals surface area contributed by atoms with E-state index in [9.17, 15) is 17.8 Å². The summed E-state index contributed by atoms with van der Waals surface area (Å²) in [6.07, 6.45) is -0.582. The lowest BCUT2D eigenvalue weighted by molar-refractivity contribution is -0.0269. The molecule has 7 heteroatoms. The molecular formula is C24H23F2NO3S. The first-order chi connectivity index (χ1) is 14.9. The summed E-state index contributed by atoms with van der Waals surface area (Å²) in [6.45, 7) is 3.31. The Morgan fingerprint density at radius 3 is 2.48 bits per heavy atom. The van der Waals surface area contributed by atoms with E-state index in [0.717, 1.165) is 22.4 Å². The maximum absolute atomic E-state index is 14.7. The minimum absolute atomic E-state index is 0.0567. The molecule has 2 atom stereocenters. The van der Waals surface area contributed by atoms with Crippen molar-refractivity contribution in [2.75, 3.05) is 5.75 Å². The van der Waals surface area contributed by atoms with Crippen LogP contribution >= 0.6 is 0 Å². The molecule has 3 rings (SSSR count). The Kier molecular flexibility index (Phi) is 7.52. The van der Waals surface area contributed by atoms with Gasteiger partial charge in [0.15, 0.2) is 0 Å². The molecule has 0 aromatic heterocycles. The average Bonchev–Trinajstić information content (AvgIpc) is 2.77. The molecule has 3 aromatic rings. The van der Waals surface area contributed by atoms with E-state index in [-0.39, 0.29) is 6.61 Å². The van der Waals surface area contributed by atoms with Crippen LogP contribution in [0, 0.1) is 0 Å². The van der Waals surface area contributed by atoms with Crippen molar-refractivity contribution >= 4 is 27.7 Å². The number of ether oxygens (including phenoxy) is 1. The van der Waals surface area contributed by atoms with E-state index < -0.39 is 41.0 Å². The lowest BCUT2D eigenvalue weighted by atomic mass is 10.1. The van der Waals surface area contributed by atoms with Gasteiger partial charge >= 0.3 is 6.09 Å². The zero-order chi connectivity index (χ0) is 22.3. The highest BCUT2D eigenvalue weighted by Gasteiger charge is 2.41. The number of hydrogen-bond donors (Lipinski definition) is 1. The topological polar surface area (TPSA) is 55.4 Å². The minimum atomic E-state index is -3.34. The standard InChI is InChI=1S/C24H23F2NO3S/c1-2-15-24(25,26)22(27-23(28)30-16-18-9-4-3-5-10-18)17-31(29)21-14-8-12-19-11-6-7-13-20(19)21/h2-14,22H,1,15-17H2,(H,27,28)/t22-,31+/m1/s1. The molecule has 0 fully saturated rings. The Balaban J connectivity index is 1.76. The minimum Gasteiger partial charge on any atom is -0.445 e. The summed E-state index contributed by atoms with van der Waals surface area (Å²) in [5.41, 5.74) is 0.728. The molecule has 4 nitrogen and oxygen atoms in total. The van der Waals surface area contributed by atoms with Gasteiger partial charge in [-0.15, -0.1) is 6.58 Å². The molecule has 31 heavy (non-hydrogen) atoms. The van der Waals surface area contributed by atoms with Crippen molar-refractivity contribution in [1.82, 2.24) is 5.32 Å². The van der Waals surface area contributed by atoms with Gasteiger partial charge in [-0.1, -0.05) is 72.8 Å². The van der Waals surface area contributed by atoms with Crippen LogP contribution in [0.15, 0.2) is 90.3 Å². The van der Waals surface area contributed by atoms with Gasteiger partial charge in [0.05, 0.1) is 16.6 Å². The molecule has 0 aliphatic rings. The molecule has 3 aromatic carbocycles. The molecule has 0 radical (unpaired) electrons. The molecule has 0 heterocycles. The highest BCUT2D eigenvalue weighted by molar-refractivity contribution is 7.85. The van der Waals surface area contributed by atoms with Gasteiger partial charge in [-0.05, 0) is 22.4 Å². The summed E-state index contributed by atoms with van der Waals surface area (Å²) < 4.78 is 47.6. The lowest BCUT2D eigenvalue weighted by Crippen LogP contribution is -2.50. The van der Waals surface area contributed by atoms with Gasteiger partial charge in [0, 0.05) is 11.3 Å². The van der Waals surface area contributed by atoms with Crippen LogP contribution < -0.4 is 5.32 Å². The highest BCUT2D eigenvalue weighted by Crippen LogP contribution is 2.28. The number of benzene rings is 3. The zero-order valence-electron chi connectivity index (χ0n) is 16.8.